The van der Waals surface area contributed by atoms with Crippen molar-refractivity contribution in [2.24, 2.45) is 0 Å². The number of rotatable bonds is 9. The third kappa shape index (κ3) is 12.0. The van der Waals surface area contributed by atoms with Gasteiger partial charge in [-0.05, 0) is 108 Å². The highest BCUT2D eigenvalue weighted by atomic mass is 79.9. The van der Waals surface area contributed by atoms with E-state index in [0.29, 0.717) is 44.3 Å². The van der Waals surface area contributed by atoms with Crippen molar-refractivity contribution in [2.75, 3.05) is 11.1 Å². The Hall–Kier alpha value is -5.10. The van der Waals surface area contributed by atoms with Crippen molar-refractivity contribution in [3.05, 3.63) is 106 Å². The molecule has 17 heteroatoms. The zero-order valence-electron chi connectivity index (χ0n) is 28.0. The highest BCUT2D eigenvalue weighted by Gasteiger charge is 2.21. The zero-order valence-corrected chi connectivity index (χ0v) is 31.2. The second-order valence-corrected chi connectivity index (χ2v) is 13.8. The number of amides is 1. The standard InChI is InChI=1S/C17H17BrN4O3.C12H16N4O.C5H3BrO3/c1-17(2,24)10-22-9-12(15(21-22)11-5-3-4-8-19-11)20-16(23)13-6-7-14(18)25-13;1-12(2,17)8-16-7-9(13)11(15-16)10-5-3-4-6-14-10;6-4-2-1-3(9-4)5(7)8/h3-9,24H,10H2,1-2H3,(H,20,23);3-7,17H,8,13H2,1-2H3;1-2H,(H,7,8). The summed E-state index contributed by atoms with van der Waals surface area (Å²) in [5.41, 5.74) is 7.69. The Bertz CT molecular complexity index is 2040. The van der Waals surface area contributed by atoms with Crippen molar-refractivity contribution in [1.82, 2.24) is 29.5 Å². The van der Waals surface area contributed by atoms with E-state index < -0.39 is 23.1 Å². The molecule has 0 saturated carbocycles. The van der Waals surface area contributed by atoms with Crippen LogP contribution in [0.4, 0.5) is 11.4 Å². The second-order valence-electron chi connectivity index (χ2n) is 12.2. The molecule has 6 rings (SSSR count). The number of nitrogens with two attached hydrogens (primary N) is 1. The van der Waals surface area contributed by atoms with Gasteiger partial charge in [0.1, 0.15) is 11.4 Å². The summed E-state index contributed by atoms with van der Waals surface area (Å²) in [6.45, 7) is 7.50. The van der Waals surface area contributed by atoms with Crippen molar-refractivity contribution in [2.45, 2.75) is 52.0 Å². The van der Waals surface area contributed by atoms with Gasteiger partial charge in [0.15, 0.2) is 15.1 Å². The van der Waals surface area contributed by atoms with Crippen LogP contribution in [0.5, 0.6) is 0 Å². The van der Waals surface area contributed by atoms with Crippen LogP contribution in [0, 0.1) is 0 Å². The molecule has 0 unspecified atom stereocenters. The molecule has 268 valence electrons. The van der Waals surface area contributed by atoms with Gasteiger partial charge in [0.05, 0.1) is 47.1 Å². The first-order chi connectivity index (χ1) is 24.0. The number of hydrogen-bond donors (Lipinski definition) is 5. The lowest BCUT2D eigenvalue weighted by molar-refractivity contribution is 0.0572. The van der Waals surface area contributed by atoms with Gasteiger partial charge < -0.3 is 35.2 Å². The Morgan fingerprint density at radius 2 is 1.25 bits per heavy atom. The average molecular weight is 829 g/mol. The molecule has 0 saturated heterocycles. The summed E-state index contributed by atoms with van der Waals surface area (Å²) in [6.07, 6.45) is 6.73. The maximum atomic E-state index is 12.4. The number of nitrogens with one attached hydrogen (secondary N) is 1. The van der Waals surface area contributed by atoms with Crippen LogP contribution in [0.25, 0.3) is 22.8 Å². The molecule has 0 atom stereocenters. The summed E-state index contributed by atoms with van der Waals surface area (Å²) in [5, 5.41) is 39.6. The summed E-state index contributed by atoms with van der Waals surface area (Å²) in [6, 6.07) is 17.2. The summed E-state index contributed by atoms with van der Waals surface area (Å²) < 4.78 is 14.1. The maximum absolute atomic E-state index is 12.4. The van der Waals surface area contributed by atoms with E-state index >= 15 is 0 Å². The number of carboxylic acid groups (broad SMARTS) is 1. The molecule has 0 aliphatic rings. The number of hydrogen-bond acceptors (Lipinski definition) is 11. The van der Waals surface area contributed by atoms with Gasteiger partial charge in [-0.1, -0.05) is 12.1 Å². The Balaban J connectivity index is 0.000000192. The van der Waals surface area contributed by atoms with E-state index in [-0.39, 0.29) is 18.1 Å². The Morgan fingerprint density at radius 3 is 1.69 bits per heavy atom. The third-order valence-corrected chi connectivity index (χ3v) is 7.15. The molecule has 6 aromatic heterocycles. The minimum atomic E-state index is -1.05. The molecule has 15 nitrogen and oxygen atoms in total. The van der Waals surface area contributed by atoms with Crippen LogP contribution in [-0.4, -0.2) is 67.9 Å². The molecule has 6 heterocycles. The number of nitrogens with zero attached hydrogens (tertiary/aromatic N) is 6. The molecular formula is C34H36Br2N8O7. The fourth-order valence-electron chi connectivity index (χ4n) is 4.35. The van der Waals surface area contributed by atoms with E-state index in [0.717, 1.165) is 5.69 Å². The summed E-state index contributed by atoms with van der Waals surface area (Å²) in [5.74, 6) is -1.33. The van der Waals surface area contributed by atoms with Gasteiger partial charge in [-0.15, -0.1) is 0 Å². The first-order valence-corrected chi connectivity index (χ1v) is 16.8. The monoisotopic (exact) mass is 826 g/mol. The van der Waals surface area contributed by atoms with Gasteiger partial charge >= 0.3 is 5.97 Å². The fraction of sp³-hybridized carbons (Fsp3) is 0.235. The van der Waals surface area contributed by atoms with E-state index in [1.54, 1.807) is 86.1 Å². The Labute approximate surface area is 309 Å². The number of nitrogen functional groups attached to an aromatic ring is 1. The first-order valence-electron chi connectivity index (χ1n) is 15.2. The molecule has 0 bridgehead atoms. The SMILES string of the molecule is CC(C)(O)Cn1cc(N)c(-c2ccccn2)n1.CC(C)(O)Cn1cc(NC(=O)c2ccc(Br)o2)c(-c2ccccn2)n1.O=C(O)c1ccc(Br)o1. The predicted octanol–water partition coefficient (Wildman–Crippen LogP) is 6.36. The van der Waals surface area contributed by atoms with Crippen molar-refractivity contribution < 1.29 is 33.7 Å². The number of halogens is 2. The Morgan fingerprint density at radius 1 is 0.765 bits per heavy atom. The van der Waals surface area contributed by atoms with Crippen LogP contribution in [0.3, 0.4) is 0 Å². The van der Waals surface area contributed by atoms with Crippen LogP contribution >= 0.6 is 31.9 Å². The number of aliphatic hydroxyl groups is 2. The van der Waals surface area contributed by atoms with Crippen LogP contribution in [-0.2, 0) is 13.1 Å². The van der Waals surface area contributed by atoms with Crippen LogP contribution in [0.15, 0.2) is 104 Å². The van der Waals surface area contributed by atoms with Gasteiger partial charge in [-0.25, -0.2) is 4.79 Å². The fourth-order valence-corrected chi connectivity index (χ4v) is 4.96. The quantitative estimate of drug-likeness (QED) is 0.107. The highest BCUT2D eigenvalue weighted by molar-refractivity contribution is 9.10. The van der Waals surface area contributed by atoms with Gasteiger partial charge in [0.2, 0.25) is 5.76 Å². The summed E-state index contributed by atoms with van der Waals surface area (Å²) in [7, 11) is 0. The smallest absolute Gasteiger partial charge is 0.371 e. The van der Waals surface area contributed by atoms with E-state index in [9.17, 15) is 19.8 Å². The van der Waals surface area contributed by atoms with Gasteiger partial charge in [-0.2, -0.15) is 10.2 Å². The van der Waals surface area contributed by atoms with Crippen LogP contribution in [0.2, 0.25) is 0 Å². The van der Waals surface area contributed by atoms with Gasteiger partial charge in [0.25, 0.3) is 5.91 Å². The number of carbonyl (C=O) groups excluding carboxylic acids is 1. The lowest BCUT2D eigenvalue weighted by Gasteiger charge is -2.16. The molecule has 6 N–H and O–H groups in total. The third-order valence-electron chi connectivity index (χ3n) is 6.29. The molecule has 0 radical (unpaired) electrons. The summed E-state index contributed by atoms with van der Waals surface area (Å²) in [4.78, 5) is 31.0. The molecule has 0 spiro atoms. The van der Waals surface area contributed by atoms with Crippen LogP contribution in [0.1, 0.15) is 48.8 Å². The van der Waals surface area contributed by atoms with Gasteiger partial charge in [-0.3, -0.25) is 24.1 Å². The number of carboxylic acids is 1. The zero-order chi connectivity index (χ0) is 37.3. The number of furan rings is 2. The molecule has 0 aliphatic carbocycles. The summed E-state index contributed by atoms with van der Waals surface area (Å²) >= 11 is 6.14. The second kappa shape index (κ2) is 16.7. The van der Waals surface area contributed by atoms with E-state index in [2.05, 4.69) is 61.8 Å². The maximum Gasteiger partial charge on any atom is 0.371 e. The first kappa shape index (κ1) is 38.7. The van der Waals surface area contributed by atoms with E-state index in [4.69, 9.17) is 15.3 Å². The molecule has 0 aromatic carbocycles. The number of aromatic nitrogens is 6. The number of pyridine rings is 2. The van der Waals surface area contributed by atoms with E-state index in [1.165, 1.54) is 12.1 Å². The molecule has 0 aliphatic heterocycles. The molecule has 51 heavy (non-hydrogen) atoms. The number of anilines is 2. The van der Waals surface area contributed by atoms with E-state index in [1.807, 2.05) is 24.3 Å². The van der Waals surface area contributed by atoms with Gasteiger partial charge in [0, 0.05) is 24.8 Å². The molecule has 0 fully saturated rings. The van der Waals surface area contributed by atoms with Crippen molar-refractivity contribution in [3.8, 4) is 22.8 Å². The van der Waals surface area contributed by atoms with Crippen LogP contribution < -0.4 is 11.1 Å². The lowest BCUT2D eigenvalue weighted by Crippen LogP contribution is -2.26. The molecular weight excluding hydrogens is 792 g/mol. The number of aromatic carboxylic acids is 1. The van der Waals surface area contributed by atoms with Crippen molar-refractivity contribution in [3.63, 3.8) is 0 Å². The molecule has 6 aromatic rings. The number of carbonyl (C=O) groups is 2. The van der Waals surface area contributed by atoms with Crippen molar-refractivity contribution >= 4 is 55.1 Å². The lowest BCUT2D eigenvalue weighted by atomic mass is 10.1. The highest BCUT2D eigenvalue weighted by Crippen LogP contribution is 2.27. The predicted molar refractivity (Wildman–Crippen MR) is 196 cm³/mol. The largest absolute Gasteiger partial charge is 0.475 e. The topological polar surface area (TPSA) is 221 Å². The minimum absolute atomic E-state index is 0.0538. The van der Waals surface area contributed by atoms with Crippen molar-refractivity contribution in [1.29, 1.82) is 0 Å². The average Bonchev–Trinajstić information content (AvgIpc) is 3.85. The Kier molecular flexibility index (Phi) is 12.7. The normalized spacial score (nSPS) is 11.2. The molecule has 1 amide bonds. The minimum Gasteiger partial charge on any atom is -0.475 e.